The van der Waals surface area contributed by atoms with Crippen molar-refractivity contribution >= 4 is 39.2 Å². The SMILES string of the molecule is CCOc1ccccc1/C(=C\CSc1ccc(OCC(=O)O)c(Br)c1)c1ccccc1. The van der Waals surface area contributed by atoms with Gasteiger partial charge in [-0.15, -0.1) is 11.8 Å². The molecule has 0 aromatic heterocycles. The molecular weight excluding hydrogens is 476 g/mol. The first-order valence-electron chi connectivity index (χ1n) is 9.83. The van der Waals surface area contributed by atoms with E-state index in [1.807, 2.05) is 55.5 Å². The summed E-state index contributed by atoms with van der Waals surface area (Å²) in [6.45, 7) is 2.23. The maximum atomic E-state index is 10.7. The zero-order chi connectivity index (χ0) is 22.1. The second kappa shape index (κ2) is 11.6. The molecule has 0 amide bonds. The summed E-state index contributed by atoms with van der Waals surface area (Å²) in [5, 5.41) is 8.77. The fourth-order valence-electron chi connectivity index (χ4n) is 3.02. The lowest BCUT2D eigenvalue weighted by Gasteiger charge is -2.14. The van der Waals surface area contributed by atoms with Crippen LogP contribution in [0.4, 0.5) is 0 Å². The molecule has 0 atom stereocenters. The summed E-state index contributed by atoms with van der Waals surface area (Å²) in [7, 11) is 0. The zero-order valence-electron chi connectivity index (χ0n) is 17.1. The molecule has 31 heavy (non-hydrogen) atoms. The van der Waals surface area contributed by atoms with Crippen LogP contribution in [0.2, 0.25) is 0 Å². The van der Waals surface area contributed by atoms with Crippen LogP contribution in [0.5, 0.6) is 11.5 Å². The number of thioether (sulfide) groups is 1. The Labute approximate surface area is 195 Å². The number of benzene rings is 3. The van der Waals surface area contributed by atoms with E-state index in [1.54, 1.807) is 17.8 Å². The third kappa shape index (κ3) is 6.64. The van der Waals surface area contributed by atoms with Crippen LogP contribution in [0.3, 0.4) is 0 Å². The molecule has 0 spiro atoms. The van der Waals surface area contributed by atoms with Gasteiger partial charge in [-0.3, -0.25) is 0 Å². The molecule has 0 bridgehead atoms. The van der Waals surface area contributed by atoms with E-state index in [4.69, 9.17) is 14.6 Å². The largest absolute Gasteiger partial charge is 0.493 e. The minimum atomic E-state index is -1.00. The first-order chi connectivity index (χ1) is 15.1. The highest BCUT2D eigenvalue weighted by Gasteiger charge is 2.11. The van der Waals surface area contributed by atoms with E-state index in [0.717, 1.165) is 37.6 Å². The Morgan fingerprint density at radius 3 is 2.45 bits per heavy atom. The summed E-state index contributed by atoms with van der Waals surface area (Å²) in [6.07, 6.45) is 2.21. The van der Waals surface area contributed by atoms with E-state index >= 15 is 0 Å². The molecule has 4 nitrogen and oxygen atoms in total. The van der Waals surface area contributed by atoms with Gasteiger partial charge in [-0.05, 0) is 58.3 Å². The molecule has 0 unspecified atom stereocenters. The van der Waals surface area contributed by atoms with Crippen molar-refractivity contribution in [2.75, 3.05) is 19.0 Å². The van der Waals surface area contributed by atoms with Crippen molar-refractivity contribution in [3.8, 4) is 11.5 Å². The van der Waals surface area contributed by atoms with Gasteiger partial charge in [0.25, 0.3) is 0 Å². The van der Waals surface area contributed by atoms with Crippen molar-refractivity contribution in [3.05, 3.63) is 94.5 Å². The number of rotatable bonds is 10. The van der Waals surface area contributed by atoms with Crippen LogP contribution in [0.15, 0.2) is 88.2 Å². The van der Waals surface area contributed by atoms with Crippen LogP contribution in [-0.4, -0.2) is 30.0 Å². The van der Waals surface area contributed by atoms with Crippen molar-refractivity contribution in [1.29, 1.82) is 0 Å². The zero-order valence-corrected chi connectivity index (χ0v) is 19.5. The van der Waals surface area contributed by atoms with Gasteiger partial charge < -0.3 is 14.6 Å². The average molecular weight is 499 g/mol. The molecule has 6 heteroatoms. The lowest BCUT2D eigenvalue weighted by molar-refractivity contribution is -0.139. The van der Waals surface area contributed by atoms with Gasteiger partial charge in [0.15, 0.2) is 6.61 Å². The topological polar surface area (TPSA) is 55.8 Å². The molecular formula is C25H23BrO4S. The molecule has 3 aromatic carbocycles. The second-order valence-electron chi connectivity index (χ2n) is 6.50. The van der Waals surface area contributed by atoms with E-state index < -0.39 is 5.97 Å². The van der Waals surface area contributed by atoms with Gasteiger partial charge >= 0.3 is 5.97 Å². The molecule has 3 aromatic rings. The molecule has 0 aliphatic heterocycles. The molecule has 0 heterocycles. The quantitative estimate of drug-likeness (QED) is 0.321. The summed E-state index contributed by atoms with van der Waals surface area (Å²) in [4.78, 5) is 11.7. The standard InChI is InChI=1S/C25H23BrO4S/c1-2-29-23-11-7-6-10-21(23)20(18-8-4-3-5-9-18)14-15-31-19-12-13-24(22(26)16-19)30-17-25(27)28/h3-14,16H,2,15,17H2,1H3,(H,27,28)/b20-14-. The number of carboxylic acids is 1. The van der Waals surface area contributed by atoms with Gasteiger partial charge in [-0.25, -0.2) is 4.79 Å². The number of ether oxygens (including phenoxy) is 2. The van der Waals surface area contributed by atoms with E-state index in [9.17, 15) is 4.79 Å². The predicted octanol–water partition coefficient (Wildman–Crippen LogP) is 6.54. The first kappa shape index (κ1) is 23.0. The van der Waals surface area contributed by atoms with E-state index in [1.165, 1.54) is 0 Å². The molecule has 0 radical (unpaired) electrons. The lowest BCUT2D eigenvalue weighted by atomic mass is 9.97. The molecule has 0 aliphatic carbocycles. The van der Waals surface area contributed by atoms with Gasteiger partial charge in [-0.2, -0.15) is 0 Å². The van der Waals surface area contributed by atoms with Crippen LogP contribution in [0.25, 0.3) is 5.57 Å². The number of carbonyl (C=O) groups is 1. The van der Waals surface area contributed by atoms with E-state index in [-0.39, 0.29) is 6.61 Å². The van der Waals surface area contributed by atoms with Gasteiger partial charge in [0, 0.05) is 16.2 Å². The molecule has 0 saturated heterocycles. The summed E-state index contributed by atoms with van der Waals surface area (Å²) in [5.74, 6) is 1.13. The van der Waals surface area contributed by atoms with Gasteiger partial charge in [0.1, 0.15) is 11.5 Å². The fourth-order valence-corrected chi connectivity index (χ4v) is 4.47. The summed E-state index contributed by atoms with van der Waals surface area (Å²) < 4.78 is 11.9. The Kier molecular flexibility index (Phi) is 8.62. The Bertz CT molecular complexity index is 1050. The third-order valence-corrected chi connectivity index (χ3v) is 5.89. The smallest absolute Gasteiger partial charge is 0.341 e. The number of carboxylic acid groups (broad SMARTS) is 1. The van der Waals surface area contributed by atoms with Crippen LogP contribution < -0.4 is 9.47 Å². The number of aliphatic carboxylic acids is 1. The van der Waals surface area contributed by atoms with Gasteiger partial charge in [0.2, 0.25) is 0 Å². The highest BCUT2D eigenvalue weighted by Crippen LogP contribution is 2.34. The molecule has 160 valence electrons. The molecule has 0 fully saturated rings. The molecule has 3 rings (SSSR count). The summed E-state index contributed by atoms with van der Waals surface area (Å²) in [6, 6.07) is 24.0. The average Bonchev–Trinajstić information content (AvgIpc) is 2.77. The monoisotopic (exact) mass is 498 g/mol. The Morgan fingerprint density at radius 1 is 1.00 bits per heavy atom. The Morgan fingerprint density at radius 2 is 1.74 bits per heavy atom. The number of halogens is 1. The fraction of sp³-hybridized carbons (Fsp3) is 0.160. The van der Waals surface area contributed by atoms with Gasteiger partial charge in [0.05, 0.1) is 11.1 Å². The third-order valence-electron chi connectivity index (χ3n) is 4.35. The first-order valence-corrected chi connectivity index (χ1v) is 11.6. The van der Waals surface area contributed by atoms with Gasteiger partial charge in [-0.1, -0.05) is 54.6 Å². The van der Waals surface area contributed by atoms with Crippen molar-refractivity contribution in [2.45, 2.75) is 11.8 Å². The normalized spacial score (nSPS) is 11.2. The highest BCUT2D eigenvalue weighted by molar-refractivity contribution is 9.10. The minimum Gasteiger partial charge on any atom is -0.493 e. The minimum absolute atomic E-state index is 0.368. The van der Waals surface area contributed by atoms with Crippen molar-refractivity contribution in [1.82, 2.24) is 0 Å². The van der Waals surface area contributed by atoms with Crippen molar-refractivity contribution in [2.24, 2.45) is 0 Å². The number of hydrogen-bond donors (Lipinski definition) is 1. The van der Waals surface area contributed by atoms with Crippen molar-refractivity contribution in [3.63, 3.8) is 0 Å². The van der Waals surface area contributed by atoms with Crippen LogP contribution in [0, 0.1) is 0 Å². The maximum Gasteiger partial charge on any atom is 0.341 e. The Balaban J connectivity index is 1.81. The predicted molar refractivity (Wildman–Crippen MR) is 129 cm³/mol. The lowest BCUT2D eigenvalue weighted by Crippen LogP contribution is -2.09. The number of hydrogen-bond acceptors (Lipinski definition) is 4. The summed E-state index contributed by atoms with van der Waals surface area (Å²) in [5.41, 5.74) is 3.32. The number of para-hydroxylation sites is 1. The van der Waals surface area contributed by atoms with E-state index in [0.29, 0.717) is 12.4 Å². The van der Waals surface area contributed by atoms with Crippen LogP contribution >= 0.6 is 27.7 Å². The Hall–Kier alpha value is -2.70. The van der Waals surface area contributed by atoms with E-state index in [2.05, 4.69) is 40.2 Å². The van der Waals surface area contributed by atoms with Crippen molar-refractivity contribution < 1.29 is 19.4 Å². The summed E-state index contributed by atoms with van der Waals surface area (Å²) >= 11 is 5.14. The van der Waals surface area contributed by atoms with Crippen LogP contribution in [-0.2, 0) is 4.79 Å². The maximum absolute atomic E-state index is 10.7. The molecule has 0 saturated carbocycles. The highest BCUT2D eigenvalue weighted by atomic mass is 79.9. The van der Waals surface area contributed by atoms with Crippen LogP contribution in [0.1, 0.15) is 18.1 Å². The molecule has 1 N–H and O–H groups in total. The molecule has 0 aliphatic rings. The second-order valence-corrected chi connectivity index (χ2v) is 8.45.